The van der Waals surface area contributed by atoms with E-state index in [4.69, 9.17) is 11.6 Å². The van der Waals surface area contributed by atoms with Gasteiger partial charge in [-0.15, -0.1) is 11.3 Å². The number of aryl methyl sites for hydroxylation is 1. The van der Waals surface area contributed by atoms with E-state index in [0.29, 0.717) is 4.88 Å². The number of non-ortho nitro benzene ring substituents is 1. The Morgan fingerprint density at radius 2 is 2.00 bits per heavy atom. The van der Waals surface area contributed by atoms with Crippen molar-refractivity contribution < 1.29 is 22.5 Å². The predicted octanol–water partition coefficient (Wildman–Crippen LogP) is 4.70. The van der Waals surface area contributed by atoms with Gasteiger partial charge in [0.2, 0.25) is 0 Å². The zero-order valence-electron chi connectivity index (χ0n) is 16.0. The zero-order valence-corrected chi connectivity index (χ0v) is 18.4. The molecule has 0 unspecified atom stereocenters. The molecule has 0 spiro atoms. The Labute approximate surface area is 186 Å². The minimum Gasteiger partial charge on any atom is -0.350 e. The summed E-state index contributed by atoms with van der Waals surface area (Å²) in [6.07, 6.45) is 0. The van der Waals surface area contributed by atoms with Crippen molar-refractivity contribution in [2.24, 2.45) is 0 Å². The third-order valence-corrected chi connectivity index (χ3v) is 8.08. The van der Waals surface area contributed by atoms with Crippen LogP contribution in [0.25, 0.3) is 0 Å². The molecule has 0 aliphatic rings. The molecule has 0 saturated heterocycles. The number of hydrogen-bond acceptors (Lipinski definition) is 6. The van der Waals surface area contributed by atoms with Crippen molar-refractivity contribution in [2.45, 2.75) is 17.1 Å². The molecule has 1 amide bonds. The number of nitrogens with zero attached hydrogens (tertiary/aromatic N) is 1. The molecular formula is C20H16ClFN2O5S2. The molecule has 31 heavy (non-hydrogen) atoms. The van der Waals surface area contributed by atoms with Crippen LogP contribution in [0.4, 0.5) is 10.1 Å². The molecule has 1 N–H and O–H groups in total. The molecule has 11 heteroatoms. The van der Waals surface area contributed by atoms with Crippen LogP contribution in [-0.2, 0) is 9.84 Å². The third kappa shape index (κ3) is 4.92. The molecule has 3 aromatic rings. The fourth-order valence-corrected chi connectivity index (χ4v) is 6.01. The highest BCUT2D eigenvalue weighted by atomic mass is 35.5. The van der Waals surface area contributed by atoms with E-state index in [-0.39, 0.29) is 33.3 Å². The van der Waals surface area contributed by atoms with Crippen molar-refractivity contribution in [3.8, 4) is 0 Å². The van der Waals surface area contributed by atoms with Crippen LogP contribution in [0.5, 0.6) is 0 Å². The molecular weight excluding hydrogens is 467 g/mol. The van der Waals surface area contributed by atoms with E-state index in [0.717, 1.165) is 18.2 Å². The average molecular weight is 483 g/mol. The quantitative estimate of drug-likeness (QED) is 0.298. The van der Waals surface area contributed by atoms with E-state index in [9.17, 15) is 27.7 Å². The van der Waals surface area contributed by atoms with Crippen LogP contribution in [0.2, 0.25) is 5.02 Å². The monoisotopic (exact) mass is 482 g/mol. The van der Waals surface area contributed by atoms with E-state index in [2.05, 4.69) is 5.32 Å². The lowest BCUT2D eigenvalue weighted by Gasteiger charge is -2.18. The van der Waals surface area contributed by atoms with Gasteiger partial charge >= 0.3 is 0 Å². The first-order valence-electron chi connectivity index (χ1n) is 8.87. The number of halogens is 2. The molecule has 0 radical (unpaired) electrons. The predicted molar refractivity (Wildman–Crippen MR) is 116 cm³/mol. The largest absolute Gasteiger partial charge is 0.350 e. The van der Waals surface area contributed by atoms with E-state index < -0.39 is 31.7 Å². The number of rotatable bonds is 7. The maximum absolute atomic E-state index is 13.6. The van der Waals surface area contributed by atoms with Crippen LogP contribution in [0.15, 0.2) is 58.8 Å². The SMILES string of the molecule is Cc1cc(S(=O)(=O)[C@H](CNC(=O)c2ccc([N+](=O)[O-])cc2Cl)c2cccs2)ccc1F. The smallest absolute Gasteiger partial charge is 0.270 e. The maximum Gasteiger partial charge on any atom is 0.270 e. The molecule has 2 aromatic carbocycles. The molecule has 0 aliphatic heterocycles. The normalized spacial score (nSPS) is 12.4. The summed E-state index contributed by atoms with van der Waals surface area (Å²) in [5, 5.41) is 13.8. The van der Waals surface area contributed by atoms with Crippen molar-refractivity contribution in [3.63, 3.8) is 0 Å². The summed E-state index contributed by atoms with van der Waals surface area (Å²) in [5.74, 6) is -1.19. The molecule has 3 rings (SSSR count). The Kier molecular flexibility index (Phi) is 6.73. The van der Waals surface area contributed by atoms with Crippen LogP contribution in [0, 0.1) is 22.9 Å². The summed E-state index contributed by atoms with van der Waals surface area (Å²) in [7, 11) is -3.96. The number of hydrogen-bond donors (Lipinski definition) is 1. The summed E-state index contributed by atoms with van der Waals surface area (Å²) in [4.78, 5) is 23.2. The number of thiophene rings is 1. The van der Waals surface area contributed by atoms with Gasteiger partial charge in [0.25, 0.3) is 11.6 Å². The lowest BCUT2D eigenvalue weighted by molar-refractivity contribution is -0.384. The first kappa shape index (κ1) is 22.9. The van der Waals surface area contributed by atoms with Crippen molar-refractivity contribution >= 4 is 44.4 Å². The summed E-state index contributed by atoms with van der Waals surface area (Å²) >= 11 is 7.19. The molecule has 0 bridgehead atoms. The highest BCUT2D eigenvalue weighted by Crippen LogP contribution is 2.32. The van der Waals surface area contributed by atoms with Crippen molar-refractivity contribution in [1.29, 1.82) is 0 Å². The van der Waals surface area contributed by atoms with E-state index in [1.165, 1.54) is 36.5 Å². The van der Waals surface area contributed by atoms with Gasteiger partial charge in [0, 0.05) is 23.6 Å². The summed E-state index contributed by atoms with van der Waals surface area (Å²) in [6, 6.07) is 10.2. The van der Waals surface area contributed by atoms with Crippen LogP contribution < -0.4 is 5.32 Å². The maximum atomic E-state index is 13.6. The van der Waals surface area contributed by atoms with Gasteiger partial charge in [-0.2, -0.15) is 0 Å². The number of amides is 1. The Morgan fingerprint density at radius 1 is 1.26 bits per heavy atom. The highest BCUT2D eigenvalue weighted by Gasteiger charge is 2.31. The number of carbonyl (C=O) groups excluding carboxylic acids is 1. The topological polar surface area (TPSA) is 106 Å². The van der Waals surface area contributed by atoms with Gasteiger partial charge in [0.15, 0.2) is 9.84 Å². The number of carbonyl (C=O) groups is 1. The molecule has 1 atom stereocenters. The second-order valence-corrected chi connectivity index (χ2v) is 10.1. The second-order valence-electron chi connectivity index (χ2n) is 6.59. The van der Waals surface area contributed by atoms with E-state index in [1.54, 1.807) is 17.5 Å². The number of nitro groups is 1. The molecule has 0 saturated carbocycles. The first-order chi connectivity index (χ1) is 14.6. The summed E-state index contributed by atoms with van der Waals surface area (Å²) < 4.78 is 40.1. The summed E-state index contributed by atoms with van der Waals surface area (Å²) in [5.41, 5.74) is -0.104. The highest BCUT2D eigenvalue weighted by molar-refractivity contribution is 7.91. The molecule has 1 heterocycles. The molecule has 0 aliphatic carbocycles. The molecule has 7 nitrogen and oxygen atoms in total. The van der Waals surface area contributed by atoms with Crippen LogP contribution in [0.1, 0.15) is 26.0 Å². The van der Waals surface area contributed by atoms with E-state index >= 15 is 0 Å². The van der Waals surface area contributed by atoms with Crippen molar-refractivity contribution in [3.05, 3.63) is 90.9 Å². The Balaban J connectivity index is 1.88. The van der Waals surface area contributed by atoms with Crippen LogP contribution >= 0.6 is 22.9 Å². The zero-order chi connectivity index (χ0) is 22.8. The van der Waals surface area contributed by atoms with Gasteiger partial charge < -0.3 is 5.32 Å². The second kappa shape index (κ2) is 9.13. The number of nitro benzene ring substituents is 1. The van der Waals surface area contributed by atoms with Gasteiger partial charge in [-0.1, -0.05) is 17.7 Å². The van der Waals surface area contributed by atoms with Gasteiger partial charge in [-0.25, -0.2) is 12.8 Å². The Hall–Kier alpha value is -2.82. The Bertz CT molecular complexity index is 1250. The van der Waals surface area contributed by atoms with Gasteiger partial charge in [-0.05, 0) is 48.2 Å². The molecule has 0 fully saturated rings. The fourth-order valence-electron chi connectivity index (χ4n) is 2.88. The lowest BCUT2D eigenvalue weighted by Crippen LogP contribution is -2.31. The van der Waals surface area contributed by atoms with Gasteiger partial charge in [0.05, 0.1) is 20.4 Å². The first-order valence-corrected chi connectivity index (χ1v) is 11.7. The molecule has 1 aromatic heterocycles. The molecule has 162 valence electrons. The number of nitrogens with one attached hydrogen (secondary N) is 1. The average Bonchev–Trinajstić information content (AvgIpc) is 3.23. The Morgan fingerprint density at radius 3 is 2.58 bits per heavy atom. The van der Waals surface area contributed by atoms with Crippen molar-refractivity contribution in [2.75, 3.05) is 6.54 Å². The minimum absolute atomic E-state index is 0.0211. The van der Waals surface area contributed by atoms with Crippen molar-refractivity contribution in [1.82, 2.24) is 5.32 Å². The fraction of sp³-hybridized carbons (Fsp3) is 0.150. The van der Waals surface area contributed by atoms with E-state index in [1.807, 2.05) is 0 Å². The third-order valence-electron chi connectivity index (χ3n) is 4.55. The van der Waals surface area contributed by atoms with Gasteiger partial charge in [0.1, 0.15) is 11.1 Å². The number of sulfone groups is 1. The van der Waals surface area contributed by atoms with Gasteiger partial charge in [-0.3, -0.25) is 14.9 Å². The standard InChI is InChI=1S/C20H16ClFN2O5S2/c1-12-9-14(5-7-17(12)22)31(28,29)19(18-3-2-8-30-18)11-23-20(25)15-6-4-13(24(26)27)10-16(15)21/h2-10,19H,11H2,1H3,(H,23,25)/t19-/m1/s1. The lowest BCUT2D eigenvalue weighted by atomic mass is 10.2. The number of benzene rings is 2. The minimum atomic E-state index is -3.96. The van der Waals surface area contributed by atoms with Crippen LogP contribution in [-0.4, -0.2) is 25.8 Å². The summed E-state index contributed by atoms with van der Waals surface area (Å²) in [6.45, 7) is 1.19. The van der Waals surface area contributed by atoms with Crippen LogP contribution in [0.3, 0.4) is 0 Å².